The normalized spacial score (nSPS) is 15.2. The second kappa shape index (κ2) is 12.5. The van der Waals surface area contributed by atoms with Crippen LogP contribution in [0, 0.1) is 5.92 Å². The highest BCUT2D eigenvalue weighted by molar-refractivity contribution is 8.00. The fourth-order valence-corrected chi connectivity index (χ4v) is 6.84. The van der Waals surface area contributed by atoms with Gasteiger partial charge in [0.2, 0.25) is 5.91 Å². The van der Waals surface area contributed by atoms with E-state index in [0.29, 0.717) is 39.9 Å². The molecule has 0 fully saturated rings. The van der Waals surface area contributed by atoms with Crippen LogP contribution in [-0.4, -0.2) is 37.3 Å². The third-order valence-corrected chi connectivity index (χ3v) is 9.05. The highest BCUT2D eigenvalue weighted by Gasteiger charge is 2.30. The molecule has 1 aromatic heterocycles. The zero-order chi connectivity index (χ0) is 27.2. The number of benzene rings is 2. The van der Waals surface area contributed by atoms with Gasteiger partial charge in [-0.05, 0) is 79.6 Å². The second-order valence-corrected chi connectivity index (χ2v) is 11.6. The molecule has 1 aliphatic rings. The van der Waals surface area contributed by atoms with Crippen LogP contribution in [0.2, 0.25) is 0 Å². The summed E-state index contributed by atoms with van der Waals surface area (Å²) in [6, 6.07) is 14.3. The molecule has 2 N–H and O–H groups in total. The van der Waals surface area contributed by atoms with Crippen LogP contribution in [0.1, 0.15) is 57.8 Å². The van der Waals surface area contributed by atoms with Crippen molar-refractivity contribution in [2.24, 2.45) is 5.92 Å². The Morgan fingerprint density at radius 2 is 1.87 bits per heavy atom. The number of thiophene rings is 1. The van der Waals surface area contributed by atoms with Crippen LogP contribution in [0.4, 0.5) is 10.7 Å². The lowest BCUT2D eigenvalue weighted by molar-refractivity contribution is -0.115. The topological polar surface area (TPSA) is 93.7 Å². The largest absolute Gasteiger partial charge is 0.497 e. The van der Waals surface area contributed by atoms with E-state index in [1.54, 1.807) is 31.4 Å². The van der Waals surface area contributed by atoms with Gasteiger partial charge in [-0.25, -0.2) is 4.79 Å². The number of carbonyl (C=O) groups excluding carboxylic acids is 3. The van der Waals surface area contributed by atoms with E-state index in [1.165, 1.54) is 30.2 Å². The lowest BCUT2D eigenvalue weighted by Crippen LogP contribution is -2.25. The molecule has 200 valence electrons. The maximum atomic E-state index is 13.3. The molecule has 3 aromatic rings. The molecule has 2 atom stereocenters. The van der Waals surface area contributed by atoms with E-state index in [9.17, 15) is 14.4 Å². The van der Waals surface area contributed by atoms with Gasteiger partial charge in [-0.3, -0.25) is 9.59 Å². The van der Waals surface area contributed by atoms with E-state index in [2.05, 4.69) is 17.6 Å². The molecule has 0 spiro atoms. The van der Waals surface area contributed by atoms with Crippen molar-refractivity contribution in [3.8, 4) is 5.75 Å². The van der Waals surface area contributed by atoms with Gasteiger partial charge < -0.3 is 20.1 Å². The minimum Gasteiger partial charge on any atom is -0.497 e. The lowest BCUT2D eigenvalue weighted by Gasteiger charge is -2.18. The first kappa shape index (κ1) is 27.7. The first-order chi connectivity index (χ1) is 18.3. The molecule has 0 bridgehead atoms. The van der Waals surface area contributed by atoms with Crippen molar-refractivity contribution in [2.75, 3.05) is 24.9 Å². The average Bonchev–Trinajstić information content (AvgIpc) is 3.28. The fourth-order valence-electron chi connectivity index (χ4n) is 4.43. The number of thioether (sulfide) groups is 1. The van der Waals surface area contributed by atoms with Gasteiger partial charge in [-0.2, -0.15) is 0 Å². The summed E-state index contributed by atoms with van der Waals surface area (Å²) in [5.41, 5.74) is 2.66. The summed E-state index contributed by atoms with van der Waals surface area (Å²) in [5, 5.41) is 6.12. The average molecular weight is 553 g/mol. The van der Waals surface area contributed by atoms with Gasteiger partial charge in [0.25, 0.3) is 5.91 Å². The molecule has 1 aliphatic carbocycles. The molecule has 0 saturated heterocycles. The highest BCUT2D eigenvalue weighted by atomic mass is 32.2. The SMILES string of the molecule is CCC(Sc1cccc(NC(=O)c2ccc(OC)cc2)c1)C(=O)Nc1sc2c(c1C(=O)OC)CCC(C)C2. The zero-order valence-corrected chi connectivity index (χ0v) is 23.6. The van der Waals surface area contributed by atoms with Crippen molar-refractivity contribution in [3.63, 3.8) is 0 Å². The number of hydrogen-bond donors (Lipinski definition) is 2. The van der Waals surface area contributed by atoms with Crippen LogP contribution < -0.4 is 15.4 Å². The molecule has 7 nitrogen and oxygen atoms in total. The second-order valence-electron chi connectivity index (χ2n) is 9.26. The summed E-state index contributed by atoms with van der Waals surface area (Å²) in [6.07, 6.45) is 3.32. The van der Waals surface area contributed by atoms with E-state index in [1.807, 2.05) is 31.2 Å². The molecule has 4 rings (SSSR count). The van der Waals surface area contributed by atoms with Crippen molar-refractivity contribution in [1.82, 2.24) is 0 Å². The zero-order valence-electron chi connectivity index (χ0n) is 22.0. The number of nitrogens with one attached hydrogen (secondary N) is 2. The minimum atomic E-state index is -0.409. The standard InChI is InChI=1S/C29H32N2O5S2/c1-5-23(27(33)31-28-25(29(34)36-4)22-14-9-17(2)15-24(22)38-28)37-21-8-6-7-19(16-21)30-26(32)18-10-12-20(35-3)13-11-18/h6-8,10-13,16-17,23H,5,9,14-15H2,1-4H3,(H,30,32)(H,31,33). The Kier molecular flexibility index (Phi) is 9.12. The molecular formula is C29H32N2O5S2. The van der Waals surface area contributed by atoms with E-state index in [0.717, 1.165) is 34.6 Å². The molecule has 2 unspecified atom stereocenters. The summed E-state index contributed by atoms with van der Waals surface area (Å²) < 4.78 is 10.2. The van der Waals surface area contributed by atoms with Crippen molar-refractivity contribution in [1.29, 1.82) is 0 Å². The van der Waals surface area contributed by atoms with Crippen LogP contribution >= 0.6 is 23.1 Å². The number of methoxy groups -OCH3 is 2. The number of rotatable bonds is 9. The maximum Gasteiger partial charge on any atom is 0.341 e. The molecular weight excluding hydrogens is 520 g/mol. The maximum absolute atomic E-state index is 13.3. The van der Waals surface area contributed by atoms with Gasteiger partial charge in [0.15, 0.2) is 0 Å². The van der Waals surface area contributed by atoms with Crippen LogP contribution in [0.25, 0.3) is 0 Å². The van der Waals surface area contributed by atoms with Gasteiger partial charge in [0.1, 0.15) is 10.8 Å². The predicted octanol–water partition coefficient (Wildman–Crippen LogP) is 6.43. The highest BCUT2D eigenvalue weighted by Crippen LogP contribution is 2.40. The molecule has 1 heterocycles. The number of esters is 1. The number of hydrogen-bond acceptors (Lipinski definition) is 7. The van der Waals surface area contributed by atoms with E-state index >= 15 is 0 Å². The Balaban J connectivity index is 1.46. The molecule has 2 aromatic carbocycles. The van der Waals surface area contributed by atoms with Gasteiger partial charge >= 0.3 is 5.97 Å². The van der Waals surface area contributed by atoms with Crippen molar-refractivity contribution in [2.45, 2.75) is 49.7 Å². The molecule has 0 radical (unpaired) electrons. The van der Waals surface area contributed by atoms with Crippen molar-refractivity contribution >= 4 is 51.6 Å². The lowest BCUT2D eigenvalue weighted by atomic mass is 9.88. The Morgan fingerprint density at radius 3 is 2.55 bits per heavy atom. The van der Waals surface area contributed by atoms with Crippen molar-refractivity contribution < 1.29 is 23.9 Å². The van der Waals surface area contributed by atoms with Crippen molar-refractivity contribution in [3.05, 3.63) is 70.1 Å². The van der Waals surface area contributed by atoms with E-state index < -0.39 is 5.97 Å². The summed E-state index contributed by atoms with van der Waals surface area (Å²) >= 11 is 2.91. The van der Waals surface area contributed by atoms with Gasteiger partial charge in [-0.1, -0.05) is 19.9 Å². The minimum absolute atomic E-state index is 0.165. The predicted molar refractivity (Wildman–Crippen MR) is 153 cm³/mol. The smallest absolute Gasteiger partial charge is 0.341 e. The molecule has 38 heavy (non-hydrogen) atoms. The van der Waals surface area contributed by atoms with Gasteiger partial charge in [-0.15, -0.1) is 23.1 Å². The summed E-state index contributed by atoms with van der Waals surface area (Å²) in [7, 11) is 2.95. The molecule has 2 amide bonds. The van der Waals surface area contributed by atoms with Crippen LogP contribution in [0.3, 0.4) is 0 Å². The number of fused-ring (bicyclic) bond motifs is 1. The Bertz CT molecular complexity index is 1320. The van der Waals surface area contributed by atoms with E-state index in [-0.39, 0.29) is 17.1 Å². The summed E-state index contributed by atoms with van der Waals surface area (Å²) in [6.45, 7) is 4.16. The van der Waals surface area contributed by atoms with Gasteiger partial charge in [0, 0.05) is 21.0 Å². The van der Waals surface area contributed by atoms with Crippen LogP contribution in [-0.2, 0) is 22.4 Å². The summed E-state index contributed by atoms with van der Waals surface area (Å²) in [4.78, 5) is 40.6. The third kappa shape index (κ3) is 6.39. The van der Waals surface area contributed by atoms with Crippen LogP contribution in [0.5, 0.6) is 5.75 Å². The Labute approximate surface area is 231 Å². The quantitative estimate of drug-likeness (QED) is 0.235. The molecule has 0 aliphatic heterocycles. The Hall–Kier alpha value is -3.30. The Morgan fingerprint density at radius 1 is 1.11 bits per heavy atom. The molecule has 9 heteroatoms. The van der Waals surface area contributed by atoms with Crippen LogP contribution in [0.15, 0.2) is 53.4 Å². The number of anilines is 2. The number of amides is 2. The number of ether oxygens (including phenoxy) is 2. The van der Waals surface area contributed by atoms with Gasteiger partial charge in [0.05, 0.1) is 25.0 Å². The first-order valence-corrected chi connectivity index (χ1v) is 14.3. The molecule has 0 saturated carbocycles. The first-order valence-electron chi connectivity index (χ1n) is 12.6. The fraction of sp³-hybridized carbons (Fsp3) is 0.345. The third-order valence-electron chi connectivity index (χ3n) is 6.52. The monoisotopic (exact) mass is 552 g/mol. The number of carbonyl (C=O) groups is 3. The summed E-state index contributed by atoms with van der Waals surface area (Å²) in [5.74, 6) is 0.424. The van der Waals surface area contributed by atoms with E-state index in [4.69, 9.17) is 9.47 Å².